The molecule has 11 heteroatoms. The highest BCUT2D eigenvalue weighted by atomic mass is 16.6. The van der Waals surface area contributed by atoms with Crippen molar-refractivity contribution < 1.29 is 52.1 Å². The Kier molecular flexibility index (Phi) is 7.15. The summed E-state index contributed by atoms with van der Waals surface area (Å²) in [6.45, 7) is 11.8. The molecule has 2 aliphatic carbocycles. The first-order valence-corrected chi connectivity index (χ1v) is 14.4. The number of rotatable bonds is 5. The van der Waals surface area contributed by atoms with E-state index in [9.17, 15) is 24.0 Å². The molecule has 0 aromatic carbocycles. The van der Waals surface area contributed by atoms with E-state index in [1.165, 1.54) is 33.5 Å². The van der Waals surface area contributed by atoms with Crippen molar-refractivity contribution in [1.29, 1.82) is 0 Å². The van der Waals surface area contributed by atoms with E-state index >= 15 is 0 Å². The lowest BCUT2D eigenvalue weighted by Crippen LogP contribution is -2.69. The van der Waals surface area contributed by atoms with Gasteiger partial charge in [0.2, 0.25) is 0 Å². The standard InChI is InChI=1S/C31H40O11/c1-15-23(36)19-12-29(6)25(18-9-10-38-14-18)41-22(35)13-31(15,29)42-27-24(39-16(2)32)26(40-17(3)33)28(4,5)20(30(19,27)7)11-21(34)37-8/h9-10,14-15,19-20,24-27H,11-13H2,1-8H3/t15-,19+,20?,24+,25+,26-,27+,29+,30-,31+/m1/s1. The van der Waals surface area contributed by atoms with E-state index in [4.69, 9.17) is 28.1 Å². The number of furan rings is 1. The summed E-state index contributed by atoms with van der Waals surface area (Å²) in [5, 5.41) is 0. The van der Waals surface area contributed by atoms with Gasteiger partial charge < -0.3 is 28.1 Å². The van der Waals surface area contributed by atoms with Crippen LogP contribution >= 0.6 is 0 Å². The Labute approximate surface area is 244 Å². The van der Waals surface area contributed by atoms with Gasteiger partial charge >= 0.3 is 23.9 Å². The number of carbonyl (C=O) groups excluding carboxylic acids is 5. The van der Waals surface area contributed by atoms with E-state index in [2.05, 4.69) is 0 Å². The van der Waals surface area contributed by atoms with Crippen molar-refractivity contribution in [3.63, 3.8) is 0 Å². The number of ether oxygens (including phenoxy) is 5. The highest BCUT2D eigenvalue weighted by Gasteiger charge is 2.78. The summed E-state index contributed by atoms with van der Waals surface area (Å²) in [5.74, 6) is -4.44. The van der Waals surface area contributed by atoms with Crippen LogP contribution in [0.15, 0.2) is 23.0 Å². The van der Waals surface area contributed by atoms with Gasteiger partial charge in [0.25, 0.3) is 0 Å². The molecule has 0 amide bonds. The lowest BCUT2D eigenvalue weighted by molar-refractivity contribution is -0.297. The Morgan fingerprint density at radius 3 is 2.29 bits per heavy atom. The zero-order valence-electron chi connectivity index (χ0n) is 25.4. The van der Waals surface area contributed by atoms with Crippen LogP contribution in [0.1, 0.15) is 79.4 Å². The first kappa shape index (κ1) is 30.3. The molecule has 1 unspecified atom stereocenters. The van der Waals surface area contributed by atoms with Gasteiger partial charge in [-0.15, -0.1) is 0 Å². The summed E-state index contributed by atoms with van der Waals surface area (Å²) in [4.78, 5) is 65.8. The number of carbonyl (C=O) groups is 5. The Morgan fingerprint density at radius 2 is 1.71 bits per heavy atom. The Morgan fingerprint density at radius 1 is 1.05 bits per heavy atom. The van der Waals surface area contributed by atoms with Gasteiger partial charge in [-0.2, -0.15) is 0 Å². The van der Waals surface area contributed by atoms with Crippen molar-refractivity contribution in [2.75, 3.05) is 7.11 Å². The van der Waals surface area contributed by atoms with Crippen LogP contribution in [0.4, 0.5) is 0 Å². The highest BCUT2D eigenvalue weighted by Crippen LogP contribution is 2.71. The number of cyclic esters (lactones) is 1. The number of esters is 4. The summed E-state index contributed by atoms with van der Waals surface area (Å²) in [6, 6.07) is 1.73. The predicted molar refractivity (Wildman–Crippen MR) is 143 cm³/mol. The Balaban J connectivity index is 1.80. The van der Waals surface area contributed by atoms with E-state index in [1.54, 1.807) is 13.0 Å². The van der Waals surface area contributed by atoms with Crippen molar-refractivity contribution in [3.8, 4) is 0 Å². The normalized spacial score (nSPS) is 42.0. The quantitative estimate of drug-likeness (QED) is 0.366. The van der Waals surface area contributed by atoms with Crippen LogP contribution in [-0.4, -0.2) is 60.7 Å². The molecule has 3 aliphatic heterocycles. The number of ketones is 1. The minimum Gasteiger partial charge on any atom is -0.472 e. The molecule has 1 aromatic rings. The molecular formula is C31H40O11. The van der Waals surface area contributed by atoms with Crippen molar-refractivity contribution in [1.82, 2.24) is 0 Å². The number of hydrogen-bond donors (Lipinski definition) is 0. The molecule has 5 fully saturated rings. The van der Waals surface area contributed by atoms with Crippen LogP contribution in [-0.2, 0) is 47.7 Å². The van der Waals surface area contributed by atoms with Gasteiger partial charge in [0.15, 0.2) is 6.10 Å². The molecule has 1 aromatic heterocycles. The molecular weight excluding hydrogens is 548 g/mol. The first-order chi connectivity index (χ1) is 19.5. The smallest absolute Gasteiger partial charge is 0.309 e. The van der Waals surface area contributed by atoms with Gasteiger partial charge in [0, 0.05) is 53.9 Å². The fourth-order valence-electron chi connectivity index (χ4n) is 9.03. The van der Waals surface area contributed by atoms with Crippen molar-refractivity contribution in [2.45, 2.75) is 97.7 Å². The van der Waals surface area contributed by atoms with Crippen LogP contribution in [0.25, 0.3) is 0 Å². The summed E-state index contributed by atoms with van der Waals surface area (Å²) in [6.07, 6.45) is -1.01. The zero-order chi connectivity index (χ0) is 31.0. The lowest BCUT2D eigenvalue weighted by atomic mass is 9.43. The van der Waals surface area contributed by atoms with E-state index < -0.39 is 87.9 Å². The third-order valence-corrected chi connectivity index (χ3v) is 11.0. The molecule has 0 radical (unpaired) electrons. The van der Waals surface area contributed by atoms with Crippen LogP contribution in [0, 0.1) is 34.0 Å². The van der Waals surface area contributed by atoms with E-state index in [0.717, 1.165) is 0 Å². The summed E-state index contributed by atoms with van der Waals surface area (Å²) in [7, 11) is 1.29. The van der Waals surface area contributed by atoms with Gasteiger partial charge in [-0.25, -0.2) is 0 Å². The minimum absolute atomic E-state index is 0.101. The number of fused-ring (bicyclic) bond motifs is 1. The lowest BCUT2D eigenvalue weighted by Gasteiger charge is -2.60. The van der Waals surface area contributed by atoms with E-state index in [-0.39, 0.29) is 25.0 Å². The predicted octanol–water partition coefficient (Wildman–Crippen LogP) is 3.73. The van der Waals surface area contributed by atoms with Gasteiger partial charge in [-0.05, 0) is 18.4 Å². The molecule has 11 nitrogen and oxygen atoms in total. The number of Topliss-reactive ketones (excluding diaryl/α,β-unsaturated/α-hetero) is 1. The molecule has 2 bridgehead atoms. The fourth-order valence-corrected chi connectivity index (χ4v) is 9.03. The van der Waals surface area contributed by atoms with Gasteiger partial charge in [-0.3, -0.25) is 24.0 Å². The molecule has 1 spiro atoms. The maximum absolute atomic E-state index is 14.5. The topological polar surface area (TPSA) is 145 Å². The third kappa shape index (κ3) is 4.06. The Bertz CT molecular complexity index is 1300. The van der Waals surface area contributed by atoms with Gasteiger partial charge in [0.05, 0.1) is 31.7 Å². The van der Waals surface area contributed by atoms with Crippen molar-refractivity contribution in [2.24, 2.45) is 34.0 Å². The van der Waals surface area contributed by atoms with Crippen molar-refractivity contribution >= 4 is 29.7 Å². The molecule has 42 heavy (non-hydrogen) atoms. The van der Waals surface area contributed by atoms with E-state index in [1.807, 2.05) is 27.7 Å². The van der Waals surface area contributed by atoms with Crippen LogP contribution < -0.4 is 0 Å². The largest absolute Gasteiger partial charge is 0.472 e. The second-order valence-corrected chi connectivity index (χ2v) is 13.5. The third-order valence-electron chi connectivity index (χ3n) is 11.0. The molecule has 0 N–H and O–H groups in total. The minimum atomic E-state index is -1.36. The second-order valence-electron chi connectivity index (χ2n) is 13.5. The second kappa shape index (κ2) is 9.92. The van der Waals surface area contributed by atoms with Crippen molar-refractivity contribution in [3.05, 3.63) is 24.2 Å². The molecule has 3 saturated heterocycles. The van der Waals surface area contributed by atoms with Crippen LogP contribution in [0.3, 0.4) is 0 Å². The first-order valence-electron chi connectivity index (χ1n) is 14.4. The van der Waals surface area contributed by atoms with Gasteiger partial charge in [-0.1, -0.05) is 34.6 Å². The Hall–Kier alpha value is -3.21. The molecule has 10 atom stereocenters. The summed E-state index contributed by atoms with van der Waals surface area (Å²) >= 11 is 0. The van der Waals surface area contributed by atoms with E-state index in [0.29, 0.717) is 5.56 Å². The van der Waals surface area contributed by atoms with Gasteiger partial charge in [0.1, 0.15) is 24.1 Å². The molecule has 6 rings (SSSR count). The van der Waals surface area contributed by atoms with Crippen LogP contribution in [0.2, 0.25) is 0 Å². The highest BCUT2D eigenvalue weighted by molar-refractivity contribution is 5.89. The number of hydrogen-bond acceptors (Lipinski definition) is 11. The number of methoxy groups -OCH3 is 1. The molecule has 2 saturated carbocycles. The molecule has 5 aliphatic rings. The average molecular weight is 589 g/mol. The monoisotopic (exact) mass is 588 g/mol. The average Bonchev–Trinajstić information content (AvgIpc) is 3.40. The molecule has 4 heterocycles. The maximum Gasteiger partial charge on any atom is 0.309 e. The molecule has 230 valence electrons. The zero-order valence-corrected chi connectivity index (χ0v) is 25.4. The summed E-state index contributed by atoms with van der Waals surface area (Å²) in [5.41, 5.74) is -3.75. The fraction of sp³-hybridized carbons (Fsp3) is 0.710. The SMILES string of the molecule is COC(=O)CC1C(C)(C)[C@H](OC(C)=O)[C@H](OC(C)=O)[C@@H]2O[C@]34CC(=O)O[C@@H](c5ccoc5)[C@]3(C)C[C@@H](C(=O)[C@H]4C)[C@]12C. The maximum atomic E-state index is 14.5. The van der Waals surface area contributed by atoms with Crippen LogP contribution in [0.5, 0.6) is 0 Å². The summed E-state index contributed by atoms with van der Waals surface area (Å²) < 4.78 is 35.4.